The molecule has 198 valence electrons. The van der Waals surface area contributed by atoms with Gasteiger partial charge < -0.3 is 9.80 Å². The number of fused-ring (bicyclic) bond motifs is 6. The number of benzene rings is 4. The van der Waals surface area contributed by atoms with Gasteiger partial charge in [0.25, 0.3) is 0 Å². The SMILES string of the molecule is CN(c1cccc2cccnc12)[C@@H]1C2c3ccccc3C23c2ccccc2C3[C@H]1N(C)c1cccc2cccnc12. The zero-order valence-electron chi connectivity index (χ0n) is 23.1. The maximum absolute atomic E-state index is 4.88. The predicted octanol–water partition coefficient (Wildman–Crippen LogP) is 7.29. The van der Waals surface area contributed by atoms with Crippen LogP contribution in [0.1, 0.15) is 34.1 Å². The summed E-state index contributed by atoms with van der Waals surface area (Å²) in [5.74, 6) is 0.746. The Balaban J connectivity index is 1.30. The standard InChI is InChI=1S/C37H30N4/c1-40(29-19-7-11-23-13-9-21-38-33(23)29)35-31-25-15-3-5-17-27(25)37(31)28-18-6-4-16-26(28)32(37)36(35)41(2)30-20-8-12-24-14-10-22-39-34(24)30/h3-22,31-32,35-36H,1-2H3/t31?,32?,35-,36-,37?/m1/s1. The van der Waals surface area contributed by atoms with Gasteiger partial charge in [0.15, 0.2) is 0 Å². The van der Waals surface area contributed by atoms with Gasteiger partial charge in [0, 0.05) is 54.5 Å². The summed E-state index contributed by atoms with van der Waals surface area (Å²) < 4.78 is 0. The number of anilines is 2. The van der Waals surface area contributed by atoms with Crippen molar-refractivity contribution in [3.63, 3.8) is 0 Å². The van der Waals surface area contributed by atoms with Crippen LogP contribution in [0.3, 0.4) is 0 Å². The lowest BCUT2D eigenvalue weighted by Crippen LogP contribution is -2.54. The summed E-state index contributed by atoms with van der Waals surface area (Å²) in [6.07, 6.45) is 3.83. The Kier molecular flexibility index (Phi) is 4.59. The Morgan fingerprint density at radius 2 is 0.951 bits per heavy atom. The monoisotopic (exact) mass is 530 g/mol. The molecule has 3 aliphatic carbocycles. The van der Waals surface area contributed by atoms with E-state index < -0.39 is 0 Å². The molecular weight excluding hydrogens is 500 g/mol. The second-order valence-corrected chi connectivity index (χ2v) is 11.9. The number of nitrogens with zero attached hydrogens (tertiary/aromatic N) is 4. The minimum absolute atomic E-state index is 0.0149. The third-order valence-electron chi connectivity index (χ3n) is 10.4. The van der Waals surface area contributed by atoms with Crippen LogP contribution in [0.2, 0.25) is 0 Å². The maximum Gasteiger partial charge on any atom is 0.0935 e. The fourth-order valence-corrected chi connectivity index (χ4v) is 8.91. The molecule has 2 aromatic heterocycles. The number of aromatic nitrogens is 2. The summed E-state index contributed by atoms with van der Waals surface area (Å²) in [6.45, 7) is 0. The maximum atomic E-state index is 4.88. The van der Waals surface area contributed by atoms with Gasteiger partial charge in [-0.3, -0.25) is 9.97 Å². The Labute approximate surface area is 239 Å². The van der Waals surface area contributed by atoms with Gasteiger partial charge in [0.1, 0.15) is 0 Å². The van der Waals surface area contributed by atoms with Crippen molar-refractivity contribution in [1.82, 2.24) is 9.97 Å². The van der Waals surface area contributed by atoms with Crippen LogP contribution in [0.25, 0.3) is 21.8 Å². The molecule has 9 rings (SSSR count). The first-order valence-corrected chi connectivity index (χ1v) is 14.5. The van der Waals surface area contributed by atoms with Gasteiger partial charge in [-0.15, -0.1) is 0 Å². The van der Waals surface area contributed by atoms with Gasteiger partial charge in [0.2, 0.25) is 0 Å². The number of hydrogen-bond donors (Lipinski definition) is 0. The highest BCUT2D eigenvalue weighted by molar-refractivity contribution is 5.93. The Morgan fingerprint density at radius 3 is 1.44 bits per heavy atom. The molecule has 4 nitrogen and oxygen atoms in total. The Morgan fingerprint density at radius 1 is 0.512 bits per heavy atom. The average Bonchev–Trinajstić information content (AvgIpc) is 3.25. The van der Waals surface area contributed by atoms with Crippen molar-refractivity contribution < 1.29 is 0 Å². The minimum Gasteiger partial charge on any atom is -0.367 e. The van der Waals surface area contributed by atoms with Crippen LogP contribution in [0.4, 0.5) is 11.4 Å². The summed E-state index contributed by atoms with van der Waals surface area (Å²) in [6, 6.07) is 40.4. The predicted molar refractivity (Wildman–Crippen MR) is 167 cm³/mol. The van der Waals surface area contributed by atoms with E-state index in [4.69, 9.17) is 9.97 Å². The lowest BCUT2D eigenvalue weighted by Gasteiger charge is -2.59. The molecule has 2 heterocycles. The van der Waals surface area contributed by atoms with Crippen LogP contribution in [-0.4, -0.2) is 36.1 Å². The lowest BCUT2D eigenvalue weighted by molar-refractivity contribution is 0.303. The van der Waals surface area contributed by atoms with Crippen molar-refractivity contribution in [3.8, 4) is 0 Å². The minimum atomic E-state index is 0.0149. The highest BCUT2D eigenvalue weighted by Gasteiger charge is 2.75. The molecule has 4 atom stereocenters. The van der Waals surface area contributed by atoms with E-state index in [9.17, 15) is 0 Å². The van der Waals surface area contributed by atoms with Crippen molar-refractivity contribution in [2.75, 3.05) is 23.9 Å². The fraction of sp³-hybridized carbons (Fsp3) is 0.189. The van der Waals surface area contributed by atoms with E-state index in [0.717, 1.165) is 11.0 Å². The molecule has 0 bridgehead atoms. The molecule has 1 spiro atoms. The van der Waals surface area contributed by atoms with Gasteiger partial charge in [-0.25, -0.2) is 0 Å². The zero-order valence-corrected chi connectivity index (χ0v) is 23.1. The molecule has 41 heavy (non-hydrogen) atoms. The summed E-state index contributed by atoms with van der Waals surface area (Å²) in [5.41, 5.74) is 10.5. The van der Waals surface area contributed by atoms with Crippen LogP contribution >= 0.6 is 0 Å². The highest BCUT2D eigenvalue weighted by Crippen LogP contribution is 2.77. The van der Waals surface area contributed by atoms with Gasteiger partial charge in [-0.05, 0) is 46.5 Å². The molecule has 0 aliphatic heterocycles. The molecule has 3 aliphatic rings. The summed E-state index contributed by atoms with van der Waals surface area (Å²) >= 11 is 0. The van der Waals surface area contributed by atoms with E-state index in [1.165, 1.54) is 44.4 Å². The third kappa shape index (κ3) is 2.75. The summed E-state index contributed by atoms with van der Waals surface area (Å²) in [7, 11) is 4.58. The Hall–Kier alpha value is -4.70. The second-order valence-electron chi connectivity index (χ2n) is 11.9. The van der Waals surface area contributed by atoms with E-state index in [-0.39, 0.29) is 17.5 Å². The first kappa shape index (κ1) is 23.0. The van der Waals surface area contributed by atoms with E-state index in [0.29, 0.717) is 11.8 Å². The van der Waals surface area contributed by atoms with Crippen LogP contribution in [0.15, 0.2) is 122 Å². The van der Waals surface area contributed by atoms with E-state index >= 15 is 0 Å². The van der Waals surface area contributed by atoms with Crippen LogP contribution in [-0.2, 0) is 5.41 Å². The summed E-state index contributed by atoms with van der Waals surface area (Å²) in [5, 5.41) is 2.35. The van der Waals surface area contributed by atoms with Crippen molar-refractivity contribution in [2.24, 2.45) is 0 Å². The third-order valence-corrected chi connectivity index (χ3v) is 10.4. The molecule has 0 N–H and O–H groups in total. The quantitative estimate of drug-likeness (QED) is 0.240. The highest BCUT2D eigenvalue weighted by atomic mass is 15.3. The molecule has 1 fully saturated rings. The zero-order chi connectivity index (χ0) is 27.3. The molecule has 0 saturated heterocycles. The molecule has 0 amide bonds. The molecular formula is C37H30N4. The summed E-state index contributed by atoms with van der Waals surface area (Å²) in [4.78, 5) is 14.9. The van der Waals surface area contributed by atoms with E-state index in [1.807, 2.05) is 24.5 Å². The van der Waals surface area contributed by atoms with Gasteiger partial charge in [-0.2, -0.15) is 0 Å². The first-order chi connectivity index (χ1) is 20.2. The van der Waals surface area contributed by atoms with Gasteiger partial charge in [0.05, 0.1) is 34.5 Å². The number of hydrogen-bond acceptors (Lipinski definition) is 4. The van der Waals surface area contributed by atoms with Gasteiger partial charge in [-0.1, -0.05) is 84.9 Å². The van der Waals surface area contributed by atoms with Crippen LogP contribution in [0.5, 0.6) is 0 Å². The number of para-hydroxylation sites is 2. The lowest BCUT2D eigenvalue weighted by atomic mass is 9.43. The molecule has 4 heteroatoms. The normalized spacial score (nSPS) is 24.9. The van der Waals surface area contributed by atoms with E-state index in [2.05, 4.69) is 121 Å². The van der Waals surface area contributed by atoms with Crippen LogP contribution < -0.4 is 9.80 Å². The van der Waals surface area contributed by atoms with Crippen molar-refractivity contribution in [2.45, 2.75) is 29.3 Å². The number of rotatable bonds is 4. The van der Waals surface area contributed by atoms with Crippen molar-refractivity contribution in [1.29, 1.82) is 0 Å². The number of likely N-dealkylation sites (N-methyl/N-ethyl adjacent to an activating group) is 2. The molecule has 0 radical (unpaired) electrons. The molecule has 4 aromatic carbocycles. The fourth-order valence-electron chi connectivity index (χ4n) is 8.91. The average molecular weight is 531 g/mol. The van der Waals surface area contributed by atoms with Crippen molar-refractivity contribution in [3.05, 3.63) is 144 Å². The first-order valence-electron chi connectivity index (χ1n) is 14.5. The van der Waals surface area contributed by atoms with E-state index in [1.54, 1.807) is 0 Å². The molecule has 2 unspecified atom stereocenters. The van der Waals surface area contributed by atoms with Crippen LogP contribution in [0, 0.1) is 0 Å². The topological polar surface area (TPSA) is 32.3 Å². The molecule has 6 aromatic rings. The largest absolute Gasteiger partial charge is 0.367 e. The Bertz CT molecular complexity index is 1840. The molecule has 1 saturated carbocycles. The smallest absolute Gasteiger partial charge is 0.0935 e. The second kappa shape index (κ2) is 8.17. The number of pyridine rings is 2. The van der Waals surface area contributed by atoms with Crippen molar-refractivity contribution >= 4 is 33.2 Å². The van der Waals surface area contributed by atoms with Gasteiger partial charge >= 0.3 is 0 Å².